The standard InChI is InChI=1S/C19H23N5O/c1-13-4-3-9-23(12-13)19(25)17-11-14-10-15(20)6-7-16(14)24(17)18-5-2-8-21-22-18/h2,5-8,10,13,17H,3-4,9,11-12,20H2,1H3/t13-,17-/m0/s1. The Morgan fingerprint density at radius 3 is 2.96 bits per heavy atom. The molecule has 1 aromatic carbocycles. The summed E-state index contributed by atoms with van der Waals surface area (Å²) in [6, 6.07) is 9.28. The summed E-state index contributed by atoms with van der Waals surface area (Å²) in [5, 5.41) is 8.25. The summed E-state index contributed by atoms with van der Waals surface area (Å²) in [6.45, 7) is 3.89. The average Bonchev–Trinajstić information content (AvgIpc) is 3.00. The molecule has 2 aliphatic heterocycles. The summed E-state index contributed by atoms with van der Waals surface area (Å²) in [4.78, 5) is 17.3. The monoisotopic (exact) mass is 337 g/mol. The number of hydrogen-bond donors (Lipinski definition) is 1. The highest BCUT2D eigenvalue weighted by Gasteiger charge is 2.39. The van der Waals surface area contributed by atoms with Crippen LogP contribution in [0.25, 0.3) is 0 Å². The van der Waals surface area contributed by atoms with Crippen molar-refractivity contribution in [3.05, 3.63) is 42.1 Å². The molecule has 1 fully saturated rings. The van der Waals surface area contributed by atoms with Gasteiger partial charge < -0.3 is 15.5 Å². The fourth-order valence-electron chi connectivity index (χ4n) is 3.97. The Labute approximate surface area is 147 Å². The van der Waals surface area contributed by atoms with Gasteiger partial charge >= 0.3 is 0 Å². The topological polar surface area (TPSA) is 75.3 Å². The van der Waals surface area contributed by atoms with Crippen molar-refractivity contribution in [1.29, 1.82) is 0 Å². The number of aromatic nitrogens is 2. The van der Waals surface area contributed by atoms with Gasteiger partial charge in [-0.25, -0.2) is 0 Å². The molecule has 25 heavy (non-hydrogen) atoms. The smallest absolute Gasteiger partial charge is 0.246 e. The third-order valence-electron chi connectivity index (χ3n) is 5.15. The van der Waals surface area contributed by atoms with Crippen LogP contribution < -0.4 is 10.6 Å². The van der Waals surface area contributed by atoms with Crippen LogP contribution in [-0.4, -0.2) is 40.1 Å². The molecule has 6 heteroatoms. The second-order valence-electron chi connectivity index (χ2n) is 7.09. The molecular formula is C19H23N5O. The normalized spacial score (nSPS) is 22.8. The number of nitrogens with zero attached hydrogens (tertiary/aromatic N) is 4. The second kappa shape index (κ2) is 6.35. The Morgan fingerprint density at radius 1 is 1.32 bits per heavy atom. The molecule has 0 spiro atoms. The average molecular weight is 337 g/mol. The summed E-state index contributed by atoms with van der Waals surface area (Å²) >= 11 is 0. The number of piperidine rings is 1. The first-order valence-corrected chi connectivity index (χ1v) is 8.87. The molecule has 2 aromatic rings. The zero-order chi connectivity index (χ0) is 17.4. The van der Waals surface area contributed by atoms with Gasteiger partial charge in [-0.1, -0.05) is 6.92 Å². The number of amides is 1. The van der Waals surface area contributed by atoms with E-state index in [9.17, 15) is 4.79 Å². The Bertz CT molecular complexity index is 779. The van der Waals surface area contributed by atoms with Crippen molar-refractivity contribution in [2.24, 2.45) is 5.92 Å². The van der Waals surface area contributed by atoms with Gasteiger partial charge in [0.25, 0.3) is 0 Å². The summed E-state index contributed by atoms with van der Waals surface area (Å²) in [6.07, 6.45) is 4.57. The molecule has 0 radical (unpaired) electrons. The van der Waals surface area contributed by atoms with E-state index in [0.717, 1.165) is 36.4 Å². The number of fused-ring (bicyclic) bond motifs is 1. The lowest BCUT2D eigenvalue weighted by Crippen LogP contribution is -2.49. The maximum Gasteiger partial charge on any atom is 0.246 e. The van der Waals surface area contributed by atoms with E-state index in [-0.39, 0.29) is 11.9 Å². The van der Waals surface area contributed by atoms with Crippen molar-refractivity contribution in [3.63, 3.8) is 0 Å². The maximum atomic E-state index is 13.3. The molecule has 0 unspecified atom stereocenters. The predicted octanol–water partition coefficient (Wildman–Crippen LogP) is 2.38. The number of carbonyl (C=O) groups is 1. The van der Waals surface area contributed by atoms with Crippen molar-refractivity contribution in [3.8, 4) is 0 Å². The van der Waals surface area contributed by atoms with E-state index >= 15 is 0 Å². The van der Waals surface area contributed by atoms with Crippen LogP contribution in [0, 0.1) is 5.92 Å². The quantitative estimate of drug-likeness (QED) is 0.852. The van der Waals surface area contributed by atoms with Gasteiger partial charge in [-0.3, -0.25) is 4.79 Å². The maximum absolute atomic E-state index is 13.3. The lowest BCUT2D eigenvalue weighted by molar-refractivity contribution is -0.134. The number of nitrogen functional groups attached to an aromatic ring is 1. The number of rotatable bonds is 2. The fourth-order valence-corrected chi connectivity index (χ4v) is 3.97. The largest absolute Gasteiger partial charge is 0.399 e. The van der Waals surface area contributed by atoms with Crippen molar-refractivity contribution >= 4 is 23.1 Å². The van der Waals surface area contributed by atoms with Gasteiger partial charge in [0.1, 0.15) is 6.04 Å². The van der Waals surface area contributed by atoms with E-state index in [4.69, 9.17) is 5.73 Å². The van der Waals surface area contributed by atoms with Gasteiger partial charge in [-0.05, 0) is 54.7 Å². The van der Waals surface area contributed by atoms with Crippen molar-refractivity contribution in [2.75, 3.05) is 23.7 Å². The van der Waals surface area contributed by atoms with Gasteiger partial charge in [0.2, 0.25) is 5.91 Å². The molecule has 2 atom stereocenters. The van der Waals surface area contributed by atoms with Gasteiger partial charge in [0.15, 0.2) is 5.82 Å². The zero-order valence-electron chi connectivity index (χ0n) is 14.4. The van der Waals surface area contributed by atoms with Crippen LogP contribution in [0.1, 0.15) is 25.3 Å². The lowest BCUT2D eigenvalue weighted by atomic mass is 9.99. The second-order valence-corrected chi connectivity index (χ2v) is 7.09. The van der Waals surface area contributed by atoms with Crippen LogP contribution >= 0.6 is 0 Å². The Balaban J connectivity index is 1.70. The third-order valence-corrected chi connectivity index (χ3v) is 5.15. The highest BCUT2D eigenvalue weighted by atomic mass is 16.2. The Kier molecular flexibility index (Phi) is 4.03. The molecule has 130 valence electrons. The van der Waals surface area contributed by atoms with E-state index in [1.54, 1.807) is 6.20 Å². The number of hydrogen-bond acceptors (Lipinski definition) is 5. The molecule has 1 aromatic heterocycles. The molecule has 0 saturated carbocycles. The Hall–Kier alpha value is -2.63. The molecule has 4 rings (SSSR count). The lowest BCUT2D eigenvalue weighted by Gasteiger charge is -2.35. The SMILES string of the molecule is C[C@H]1CCCN(C(=O)[C@@H]2Cc3cc(N)ccc3N2c2cccnn2)C1. The van der Waals surface area contributed by atoms with Crippen LogP contribution in [0.4, 0.5) is 17.2 Å². The summed E-state index contributed by atoms with van der Waals surface area (Å²) in [7, 11) is 0. The minimum Gasteiger partial charge on any atom is -0.399 e. The predicted molar refractivity (Wildman–Crippen MR) is 97.5 cm³/mol. The minimum atomic E-state index is -0.279. The van der Waals surface area contributed by atoms with Crippen LogP contribution in [0.15, 0.2) is 36.5 Å². The first-order chi connectivity index (χ1) is 12.1. The fraction of sp³-hybridized carbons (Fsp3) is 0.421. The number of likely N-dealkylation sites (tertiary alicyclic amines) is 1. The summed E-state index contributed by atoms with van der Waals surface area (Å²) in [5.74, 6) is 1.43. The molecule has 0 bridgehead atoms. The summed E-state index contributed by atoms with van der Waals surface area (Å²) < 4.78 is 0. The molecule has 1 amide bonds. The first kappa shape index (κ1) is 15.9. The van der Waals surface area contributed by atoms with Gasteiger partial charge in [0, 0.05) is 37.1 Å². The molecule has 3 heterocycles. The van der Waals surface area contributed by atoms with E-state index in [1.807, 2.05) is 40.1 Å². The van der Waals surface area contributed by atoms with Gasteiger partial charge in [0.05, 0.1) is 0 Å². The molecular weight excluding hydrogens is 314 g/mol. The molecule has 2 N–H and O–H groups in total. The minimum absolute atomic E-state index is 0.173. The number of nitrogens with two attached hydrogens (primary N) is 1. The number of carbonyl (C=O) groups excluding carboxylic acids is 1. The highest BCUT2D eigenvalue weighted by Crippen LogP contribution is 2.39. The zero-order valence-corrected chi connectivity index (χ0v) is 14.4. The van der Waals surface area contributed by atoms with Crippen LogP contribution in [0.2, 0.25) is 0 Å². The van der Waals surface area contributed by atoms with Crippen molar-refractivity contribution in [1.82, 2.24) is 15.1 Å². The van der Waals surface area contributed by atoms with E-state index in [2.05, 4.69) is 17.1 Å². The molecule has 2 aliphatic rings. The molecule has 0 aliphatic carbocycles. The number of anilines is 3. The van der Waals surface area contributed by atoms with E-state index in [0.29, 0.717) is 18.2 Å². The summed E-state index contributed by atoms with van der Waals surface area (Å²) in [5.41, 5.74) is 8.77. The molecule has 1 saturated heterocycles. The van der Waals surface area contributed by atoms with Gasteiger partial charge in [-0.15, -0.1) is 5.10 Å². The molecule has 6 nitrogen and oxygen atoms in total. The van der Waals surface area contributed by atoms with E-state index < -0.39 is 0 Å². The van der Waals surface area contributed by atoms with Gasteiger partial charge in [-0.2, -0.15) is 5.10 Å². The van der Waals surface area contributed by atoms with Crippen LogP contribution in [0.5, 0.6) is 0 Å². The van der Waals surface area contributed by atoms with Crippen molar-refractivity contribution in [2.45, 2.75) is 32.2 Å². The third kappa shape index (κ3) is 2.92. The first-order valence-electron chi connectivity index (χ1n) is 8.87. The van der Waals surface area contributed by atoms with Crippen LogP contribution in [-0.2, 0) is 11.2 Å². The van der Waals surface area contributed by atoms with E-state index in [1.165, 1.54) is 6.42 Å². The Morgan fingerprint density at radius 2 is 2.20 bits per heavy atom. The van der Waals surface area contributed by atoms with Crippen LogP contribution in [0.3, 0.4) is 0 Å². The number of benzene rings is 1. The van der Waals surface area contributed by atoms with Crippen molar-refractivity contribution < 1.29 is 4.79 Å². The highest BCUT2D eigenvalue weighted by molar-refractivity contribution is 5.91.